The van der Waals surface area contributed by atoms with Crippen LogP contribution in [0.5, 0.6) is 0 Å². The predicted octanol–water partition coefficient (Wildman–Crippen LogP) is 3.39. The van der Waals surface area contributed by atoms with Crippen LogP contribution in [-0.4, -0.2) is 20.6 Å². The van der Waals surface area contributed by atoms with E-state index in [2.05, 4.69) is 4.98 Å². The summed E-state index contributed by atoms with van der Waals surface area (Å²) in [6.07, 6.45) is 0. The zero-order valence-electron chi connectivity index (χ0n) is 12.1. The molecule has 22 heavy (non-hydrogen) atoms. The summed E-state index contributed by atoms with van der Waals surface area (Å²) >= 11 is 2.97. The molecule has 0 atom stereocenters. The number of carboxylic acids is 1. The monoisotopic (exact) mass is 334 g/mol. The Morgan fingerprint density at radius 2 is 2.18 bits per heavy atom. The number of fused-ring (bicyclic) bond motifs is 1. The quantitative estimate of drug-likeness (QED) is 0.794. The molecule has 1 N–H and O–H groups in total. The molecular formula is C15H14N2O3S2. The Morgan fingerprint density at radius 1 is 1.41 bits per heavy atom. The van der Waals surface area contributed by atoms with E-state index in [0.717, 1.165) is 10.4 Å². The molecule has 3 heterocycles. The molecule has 0 bridgehead atoms. The van der Waals surface area contributed by atoms with Gasteiger partial charge in [0.25, 0.3) is 5.56 Å². The lowest BCUT2D eigenvalue weighted by molar-refractivity contribution is -0.137. The minimum absolute atomic E-state index is 0.0243. The Kier molecular flexibility index (Phi) is 3.84. The highest BCUT2D eigenvalue weighted by Crippen LogP contribution is 2.34. The van der Waals surface area contributed by atoms with E-state index in [0.29, 0.717) is 16.0 Å². The molecule has 7 heteroatoms. The van der Waals surface area contributed by atoms with Crippen LogP contribution < -0.4 is 5.56 Å². The summed E-state index contributed by atoms with van der Waals surface area (Å²) in [6, 6.07) is 3.87. The summed E-state index contributed by atoms with van der Waals surface area (Å²) in [4.78, 5) is 30.1. The van der Waals surface area contributed by atoms with Crippen molar-refractivity contribution in [2.75, 3.05) is 0 Å². The van der Waals surface area contributed by atoms with Crippen molar-refractivity contribution in [2.24, 2.45) is 0 Å². The number of aromatic nitrogens is 2. The largest absolute Gasteiger partial charge is 0.480 e. The van der Waals surface area contributed by atoms with Gasteiger partial charge in [0.15, 0.2) is 0 Å². The molecule has 0 saturated carbocycles. The molecule has 3 rings (SSSR count). The number of carbonyl (C=O) groups is 1. The maximum Gasteiger partial charge on any atom is 0.323 e. The van der Waals surface area contributed by atoms with Crippen LogP contribution in [0.15, 0.2) is 27.7 Å². The fourth-order valence-electron chi connectivity index (χ4n) is 2.38. The maximum absolute atomic E-state index is 12.8. The third kappa shape index (κ3) is 2.46. The molecule has 0 saturated heterocycles. The highest BCUT2D eigenvalue weighted by atomic mass is 32.1. The average molecular weight is 334 g/mol. The van der Waals surface area contributed by atoms with Gasteiger partial charge in [0.05, 0.1) is 5.39 Å². The summed E-state index contributed by atoms with van der Waals surface area (Å²) in [5, 5.41) is 13.5. The fourth-order valence-corrected chi connectivity index (χ4v) is 4.14. The molecule has 0 fully saturated rings. The van der Waals surface area contributed by atoms with Crippen LogP contribution in [0.4, 0.5) is 0 Å². The van der Waals surface area contributed by atoms with Crippen molar-refractivity contribution in [3.63, 3.8) is 0 Å². The number of hydrogen-bond acceptors (Lipinski definition) is 5. The highest BCUT2D eigenvalue weighted by molar-refractivity contribution is 7.18. The van der Waals surface area contributed by atoms with Crippen LogP contribution in [0.1, 0.15) is 25.6 Å². The number of thiophene rings is 2. The third-order valence-electron chi connectivity index (χ3n) is 3.32. The molecule has 0 radical (unpaired) electrons. The Morgan fingerprint density at radius 3 is 2.77 bits per heavy atom. The van der Waals surface area contributed by atoms with Crippen LogP contribution in [0.2, 0.25) is 0 Å². The van der Waals surface area contributed by atoms with Crippen molar-refractivity contribution in [3.05, 3.63) is 39.1 Å². The second-order valence-electron chi connectivity index (χ2n) is 5.22. The maximum atomic E-state index is 12.8. The lowest BCUT2D eigenvalue weighted by Gasteiger charge is -2.13. The van der Waals surface area contributed by atoms with Gasteiger partial charge in [-0.05, 0) is 11.4 Å². The molecule has 0 aliphatic heterocycles. The van der Waals surface area contributed by atoms with Crippen molar-refractivity contribution < 1.29 is 9.90 Å². The number of hydrogen-bond donors (Lipinski definition) is 1. The van der Waals surface area contributed by atoms with Crippen LogP contribution in [0, 0.1) is 0 Å². The van der Waals surface area contributed by atoms with Gasteiger partial charge in [0.2, 0.25) is 0 Å². The van der Waals surface area contributed by atoms with Crippen molar-refractivity contribution in [1.82, 2.24) is 9.55 Å². The van der Waals surface area contributed by atoms with E-state index in [4.69, 9.17) is 5.11 Å². The molecule has 0 unspecified atom stereocenters. The smallest absolute Gasteiger partial charge is 0.323 e. The predicted molar refractivity (Wildman–Crippen MR) is 88.9 cm³/mol. The standard InChI is InChI=1S/C15H14N2O3S2/c1-8(2)13-16-14-12(15(20)17(13)6-11(18)19)9(7-22-14)10-4-3-5-21-10/h3-5,7-8H,6H2,1-2H3,(H,18,19). The molecule has 0 spiro atoms. The Labute approximate surface area is 134 Å². The third-order valence-corrected chi connectivity index (χ3v) is 5.10. The van der Waals surface area contributed by atoms with E-state index >= 15 is 0 Å². The molecule has 3 aromatic rings. The summed E-state index contributed by atoms with van der Waals surface area (Å²) < 4.78 is 1.28. The van der Waals surface area contributed by atoms with Gasteiger partial charge in [-0.25, -0.2) is 4.98 Å². The first-order valence-electron chi connectivity index (χ1n) is 6.76. The van der Waals surface area contributed by atoms with Crippen LogP contribution >= 0.6 is 22.7 Å². The van der Waals surface area contributed by atoms with Crippen molar-refractivity contribution >= 4 is 38.9 Å². The van der Waals surface area contributed by atoms with E-state index in [1.807, 2.05) is 36.7 Å². The SMILES string of the molecule is CC(C)c1nc2scc(-c3cccs3)c2c(=O)n1CC(=O)O. The van der Waals surface area contributed by atoms with Gasteiger partial charge in [-0.2, -0.15) is 0 Å². The van der Waals surface area contributed by atoms with Crippen molar-refractivity contribution in [1.29, 1.82) is 0 Å². The van der Waals surface area contributed by atoms with E-state index in [9.17, 15) is 9.59 Å². The average Bonchev–Trinajstić information content (AvgIpc) is 3.09. The number of nitrogens with zero attached hydrogens (tertiary/aromatic N) is 2. The van der Waals surface area contributed by atoms with Gasteiger partial charge >= 0.3 is 5.97 Å². The normalized spacial score (nSPS) is 11.4. The van der Waals surface area contributed by atoms with Crippen LogP contribution in [0.3, 0.4) is 0 Å². The van der Waals surface area contributed by atoms with Gasteiger partial charge in [-0.3, -0.25) is 14.2 Å². The van der Waals surface area contributed by atoms with E-state index in [1.54, 1.807) is 11.3 Å². The zero-order valence-corrected chi connectivity index (χ0v) is 13.7. The van der Waals surface area contributed by atoms with Crippen molar-refractivity contribution in [3.8, 4) is 10.4 Å². The summed E-state index contributed by atoms with van der Waals surface area (Å²) in [5.41, 5.74) is 0.558. The summed E-state index contributed by atoms with van der Waals surface area (Å²) in [6.45, 7) is 3.44. The van der Waals surface area contributed by atoms with Gasteiger partial charge < -0.3 is 5.11 Å². The van der Waals surface area contributed by atoms with E-state index in [1.165, 1.54) is 15.9 Å². The minimum Gasteiger partial charge on any atom is -0.480 e. The van der Waals surface area contributed by atoms with Gasteiger partial charge in [0, 0.05) is 21.7 Å². The number of carboxylic acid groups (broad SMARTS) is 1. The second-order valence-corrected chi connectivity index (χ2v) is 7.02. The topological polar surface area (TPSA) is 72.2 Å². The summed E-state index contributed by atoms with van der Waals surface area (Å²) in [5.74, 6) is -0.554. The van der Waals surface area contributed by atoms with Crippen LogP contribution in [-0.2, 0) is 11.3 Å². The van der Waals surface area contributed by atoms with Crippen molar-refractivity contribution in [2.45, 2.75) is 26.3 Å². The Hall–Kier alpha value is -1.99. The molecule has 0 aliphatic rings. The summed E-state index contributed by atoms with van der Waals surface area (Å²) in [7, 11) is 0. The van der Waals surface area contributed by atoms with Gasteiger partial charge in [-0.15, -0.1) is 22.7 Å². The van der Waals surface area contributed by atoms with Gasteiger partial charge in [-0.1, -0.05) is 19.9 Å². The number of rotatable bonds is 4. The first-order chi connectivity index (χ1) is 10.5. The molecule has 0 amide bonds. The van der Waals surface area contributed by atoms with E-state index < -0.39 is 5.97 Å². The number of aliphatic carboxylic acids is 1. The second kappa shape index (κ2) is 5.66. The van der Waals surface area contributed by atoms with E-state index in [-0.39, 0.29) is 18.0 Å². The molecule has 3 aromatic heterocycles. The minimum atomic E-state index is -1.04. The van der Waals surface area contributed by atoms with Gasteiger partial charge in [0.1, 0.15) is 17.2 Å². The first-order valence-corrected chi connectivity index (χ1v) is 8.52. The molecule has 0 aliphatic carbocycles. The lowest BCUT2D eigenvalue weighted by Crippen LogP contribution is -2.29. The Balaban J connectivity index is 2.33. The highest BCUT2D eigenvalue weighted by Gasteiger charge is 2.20. The molecular weight excluding hydrogens is 320 g/mol. The van der Waals surface area contributed by atoms with Crippen LogP contribution in [0.25, 0.3) is 20.7 Å². The first kappa shape index (κ1) is 14.9. The fraction of sp³-hybridized carbons (Fsp3) is 0.267. The zero-order chi connectivity index (χ0) is 15.9. The molecule has 114 valence electrons. The molecule has 5 nitrogen and oxygen atoms in total. The Bertz CT molecular complexity index is 892. The lowest BCUT2D eigenvalue weighted by atomic mass is 10.1. The molecule has 0 aromatic carbocycles.